The zero-order valence-electron chi connectivity index (χ0n) is 27.3. The maximum Gasteiger partial charge on any atom is 0.407 e. The Hall–Kier alpha value is -4.13. The number of pyridine rings is 1. The minimum atomic E-state index is -0.899. The zero-order chi connectivity index (χ0) is 32.8. The smallest absolute Gasteiger partial charge is 0.407 e. The van der Waals surface area contributed by atoms with Gasteiger partial charge >= 0.3 is 12.1 Å². The number of alkyl carbamates (subject to hydrolysis) is 1. The van der Waals surface area contributed by atoms with Crippen LogP contribution in [0.15, 0.2) is 18.5 Å². The van der Waals surface area contributed by atoms with Crippen LogP contribution in [0.25, 0.3) is 33.1 Å². The number of aromatic amines is 1. The molecule has 1 amide bonds. The number of nitrogens with one attached hydrogen (secondary N) is 2. The SMILES string of the molecule is Cc1cc2[nH]ncc2c2c1[C@@H]1C[C@@H]1CCOC(=O)N[C@]1(C)CCCN(C1)c1nc(OCC34CCCN3C[C@H](F)C4)nc3c(F)c-2ncc13. The van der Waals surface area contributed by atoms with Crippen molar-refractivity contribution in [2.45, 2.75) is 82.0 Å². The van der Waals surface area contributed by atoms with E-state index in [-0.39, 0.29) is 29.7 Å². The highest BCUT2D eigenvalue weighted by Crippen LogP contribution is 2.55. The predicted octanol–water partition coefficient (Wildman–Crippen LogP) is 5.56. The number of amides is 1. The Labute approximate surface area is 276 Å². The van der Waals surface area contributed by atoms with Crippen molar-refractivity contribution in [1.82, 2.24) is 35.4 Å². The fraction of sp³-hybridized carbons (Fsp3) is 0.571. The number of H-pyrrole nitrogens is 1. The second kappa shape index (κ2) is 10.9. The van der Waals surface area contributed by atoms with Crippen LogP contribution in [0.2, 0.25) is 0 Å². The second-order valence-electron chi connectivity index (χ2n) is 14.9. The fourth-order valence-electron chi connectivity index (χ4n) is 9.15. The molecule has 5 atom stereocenters. The third-order valence-electron chi connectivity index (χ3n) is 11.5. The van der Waals surface area contributed by atoms with Gasteiger partial charge in [0.2, 0.25) is 0 Å². The molecule has 4 aromatic rings. The number of benzene rings is 1. The van der Waals surface area contributed by atoms with Gasteiger partial charge in [0.1, 0.15) is 29.8 Å². The van der Waals surface area contributed by atoms with Gasteiger partial charge in [0.05, 0.1) is 34.8 Å². The van der Waals surface area contributed by atoms with E-state index in [2.05, 4.69) is 31.4 Å². The van der Waals surface area contributed by atoms with E-state index >= 15 is 4.39 Å². The summed E-state index contributed by atoms with van der Waals surface area (Å²) in [7, 11) is 0. The van der Waals surface area contributed by atoms with Crippen LogP contribution in [0.3, 0.4) is 0 Å². The number of aromatic nitrogens is 5. The maximum absolute atomic E-state index is 17.3. The normalized spacial score (nSPS) is 30.2. The van der Waals surface area contributed by atoms with Gasteiger partial charge in [-0.15, -0.1) is 0 Å². The number of aryl methyl sites for hydroxylation is 1. The average Bonchev–Trinajstić information content (AvgIpc) is 3.31. The minimum absolute atomic E-state index is 0.0508. The molecule has 13 heteroatoms. The first kappa shape index (κ1) is 30.0. The molecule has 10 rings (SSSR count). The van der Waals surface area contributed by atoms with Crippen molar-refractivity contribution in [3.8, 4) is 17.3 Å². The molecule has 252 valence electrons. The van der Waals surface area contributed by atoms with Crippen LogP contribution in [-0.4, -0.2) is 92.8 Å². The molecule has 5 aliphatic heterocycles. The van der Waals surface area contributed by atoms with Crippen molar-refractivity contribution in [2.75, 3.05) is 44.3 Å². The number of ether oxygens (including phenoxy) is 2. The Morgan fingerprint density at radius 2 is 2.04 bits per heavy atom. The molecular weight excluding hydrogens is 618 g/mol. The van der Waals surface area contributed by atoms with E-state index < -0.39 is 29.2 Å². The largest absolute Gasteiger partial charge is 0.461 e. The first-order chi connectivity index (χ1) is 23.2. The van der Waals surface area contributed by atoms with Gasteiger partial charge in [0, 0.05) is 43.2 Å². The molecule has 11 nitrogen and oxygen atoms in total. The Kier molecular flexibility index (Phi) is 6.83. The number of hydrogen-bond acceptors (Lipinski definition) is 9. The summed E-state index contributed by atoms with van der Waals surface area (Å²) >= 11 is 0. The molecule has 3 saturated heterocycles. The summed E-state index contributed by atoms with van der Waals surface area (Å²) in [6.07, 6.45) is 7.44. The Bertz CT molecular complexity index is 1950. The number of alkyl halides is 1. The van der Waals surface area contributed by atoms with Crippen LogP contribution < -0.4 is 15.0 Å². The fourth-order valence-corrected chi connectivity index (χ4v) is 9.15. The van der Waals surface area contributed by atoms with Crippen molar-refractivity contribution in [3.05, 3.63) is 35.4 Å². The first-order valence-corrected chi connectivity index (χ1v) is 17.3. The van der Waals surface area contributed by atoms with Gasteiger partial charge in [-0.25, -0.2) is 13.6 Å². The molecule has 1 saturated carbocycles. The number of anilines is 1. The maximum atomic E-state index is 17.3. The highest BCUT2D eigenvalue weighted by atomic mass is 19.1. The molecule has 1 aromatic carbocycles. The van der Waals surface area contributed by atoms with Crippen molar-refractivity contribution >= 4 is 33.7 Å². The van der Waals surface area contributed by atoms with Crippen molar-refractivity contribution in [2.24, 2.45) is 5.92 Å². The molecule has 1 aliphatic carbocycles. The minimum Gasteiger partial charge on any atom is -0.461 e. The van der Waals surface area contributed by atoms with Gasteiger partial charge in [0.15, 0.2) is 5.82 Å². The van der Waals surface area contributed by atoms with E-state index in [0.29, 0.717) is 61.8 Å². The predicted molar refractivity (Wildman–Crippen MR) is 175 cm³/mol. The number of rotatable bonds is 3. The molecule has 48 heavy (non-hydrogen) atoms. The lowest BCUT2D eigenvalue weighted by molar-refractivity contribution is 0.107. The average molecular weight is 659 g/mol. The van der Waals surface area contributed by atoms with Gasteiger partial charge in [-0.2, -0.15) is 15.1 Å². The molecule has 1 unspecified atom stereocenters. The third kappa shape index (κ3) is 4.87. The first-order valence-electron chi connectivity index (χ1n) is 17.3. The van der Waals surface area contributed by atoms with Crippen LogP contribution >= 0.6 is 0 Å². The highest BCUT2D eigenvalue weighted by Gasteiger charge is 2.49. The van der Waals surface area contributed by atoms with E-state index in [9.17, 15) is 9.18 Å². The molecule has 2 N–H and O–H groups in total. The van der Waals surface area contributed by atoms with Crippen molar-refractivity contribution < 1.29 is 23.0 Å². The van der Waals surface area contributed by atoms with Crippen LogP contribution in [-0.2, 0) is 4.74 Å². The third-order valence-corrected chi connectivity index (χ3v) is 11.5. The van der Waals surface area contributed by atoms with Gasteiger partial charge in [-0.1, -0.05) is 0 Å². The van der Waals surface area contributed by atoms with E-state index in [1.54, 1.807) is 12.4 Å². The second-order valence-corrected chi connectivity index (χ2v) is 14.9. The number of piperidine rings is 1. The Morgan fingerprint density at radius 1 is 1.17 bits per heavy atom. The number of carbonyl (C=O) groups excluding carboxylic acids is 1. The Morgan fingerprint density at radius 3 is 2.94 bits per heavy atom. The molecule has 3 aromatic heterocycles. The molecule has 0 radical (unpaired) electrons. The summed E-state index contributed by atoms with van der Waals surface area (Å²) in [4.78, 5) is 31.7. The van der Waals surface area contributed by atoms with Crippen LogP contribution in [0, 0.1) is 18.7 Å². The van der Waals surface area contributed by atoms with Crippen LogP contribution in [0.1, 0.15) is 68.9 Å². The van der Waals surface area contributed by atoms with Gasteiger partial charge in [0.25, 0.3) is 0 Å². The molecule has 8 heterocycles. The summed E-state index contributed by atoms with van der Waals surface area (Å²) in [6.45, 7) is 6.89. The van der Waals surface area contributed by atoms with Crippen molar-refractivity contribution in [1.29, 1.82) is 0 Å². The van der Waals surface area contributed by atoms with Crippen molar-refractivity contribution in [3.63, 3.8) is 0 Å². The van der Waals surface area contributed by atoms with E-state index in [0.717, 1.165) is 60.7 Å². The van der Waals surface area contributed by atoms with Crippen LogP contribution in [0.4, 0.5) is 19.4 Å². The quantitative estimate of drug-likeness (QED) is 0.291. The zero-order valence-corrected chi connectivity index (χ0v) is 27.3. The summed E-state index contributed by atoms with van der Waals surface area (Å²) in [5.41, 5.74) is 2.90. The van der Waals surface area contributed by atoms with E-state index in [1.165, 1.54) is 0 Å². The number of halogens is 2. The lowest BCUT2D eigenvalue weighted by Crippen LogP contribution is -2.57. The highest BCUT2D eigenvalue weighted by molar-refractivity contribution is 6.00. The standard InChI is InChI=1S/C35H40F2N8O3/c1-19-11-25-23(15-39-43-25)27-26(19)22-12-20(22)5-10-47-33(46)42-34(2)6-3-8-44(17-34)31-24-14-38-30(27)28(37)29(24)40-32(41-31)48-18-35-7-4-9-45(35)16-21(36)13-35/h11,14-15,20-22H,3-10,12-13,16-18H2,1-2H3,(H,39,43)(H,42,46)/t20-,21+,22+,34+,35?/m0/s1. The molecule has 6 aliphatic rings. The number of hydrogen-bond donors (Lipinski definition) is 2. The molecule has 0 spiro atoms. The number of nitrogens with zero attached hydrogens (tertiary/aromatic N) is 6. The number of carbonyl (C=O) groups is 1. The topological polar surface area (TPSA) is 121 Å². The molecular formula is C35H40F2N8O3. The van der Waals surface area contributed by atoms with E-state index in [4.69, 9.17) is 24.4 Å². The molecule has 4 fully saturated rings. The summed E-state index contributed by atoms with van der Waals surface area (Å²) in [6, 6.07) is 2.11. The summed E-state index contributed by atoms with van der Waals surface area (Å²) < 4.78 is 43.9. The van der Waals surface area contributed by atoms with Gasteiger partial charge in [-0.05, 0) is 87.9 Å². The van der Waals surface area contributed by atoms with Gasteiger partial charge in [-0.3, -0.25) is 15.0 Å². The summed E-state index contributed by atoms with van der Waals surface area (Å²) in [5.74, 6) is 0.413. The molecule has 6 bridgehead atoms. The summed E-state index contributed by atoms with van der Waals surface area (Å²) in [5, 5.41) is 11.7. The van der Waals surface area contributed by atoms with Gasteiger partial charge < -0.3 is 19.7 Å². The van der Waals surface area contributed by atoms with Crippen LogP contribution in [0.5, 0.6) is 6.01 Å². The number of fused-ring (bicyclic) bond motifs is 7. The van der Waals surface area contributed by atoms with E-state index in [1.807, 2.05) is 13.8 Å². The Balaban J connectivity index is 1.22. The lowest BCUT2D eigenvalue weighted by atomic mass is 9.90. The lowest BCUT2D eigenvalue weighted by Gasteiger charge is -2.41. The monoisotopic (exact) mass is 658 g/mol.